The van der Waals surface area contributed by atoms with Crippen LogP contribution in [0.2, 0.25) is 0 Å². The second-order valence-corrected chi connectivity index (χ2v) is 4.84. The van der Waals surface area contributed by atoms with Gasteiger partial charge < -0.3 is 10.7 Å². The van der Waals surface area contributed by atoms with Gasteiger partial charge in [-0.05, 0) is 28.1 Å². The summed E-state index contributed by atoms with van der Waals surface area (Å²) >= 11 is 5.02. The van der Waals surface area contributed by atoms with Gasteiger partial charge >= 0.3 is 0 Å². The molecule has 2 rings (SSSR count). The van der Waals surface area contributed by atoms with Gasteiger partial charge in [0.25, 0.3) is 0 Å². The lowest BCUT2D eigenvalue weighted by molar-refractivity contribution is 1.00. The van der Waals surface area contributed by atoms with E-state index in [1.54, 1.807) is 11.3 Å². The number of thiazole rings is 1. The van der Waals surface area contributed by atoms with Crippen molar-refractivity contribution in [2.24, 2.45) is 5.73 Å². The van der Waals surface area contributed by atoms with Crippen LogP contribution in [0.4, 0.5) is 0 Å². The van der Waals surface area contributed by atoms with Crippen LogP contribution in [-0.4, -0.2) is 9.97 Å². The van der Waals surface area contributed by atoms with Crippen LogP contribution in [0.5, 0.6) is 0 Å². The Balaban J connectivity index is 2.43. The molecule has 0 aliphatic carbocycles. The molecule has 13 heavy (non-hydrogen) atoms. The number of nitrogens with zero attached hydrogens (tertiary/aromatic N) is 1. The van der Waals surface area contributed by atoms with E-state index in [1.807, 2.05) is 18.3 Å². The Hall–Kier alpha value is -0.650. The fraction of sp³-hybridized carbons (Fsp3) is 0.125. The number of nitrogens with two attached hydrogens (primary N) is 1. The highest BCUT2D eigenvalue weighted by Crippen LogP contribution is 2.30. The van der Waals surface area contributed by atoms with Crippen LogP contribution in [-0.2, 0) is 6.54 Å². The Morgan fingerprint density at radius 2 is 2.46 bits per heavy atom. The smallest absolute Gasteiger partial charge is 0.141 e. The topological polar surface area (TPSA) is 54.7 Å². The lowest BCUT2D eigenvalue weighted by Gasteiger charge is -1.88. The molecule has 0 bridgehead atoms. The van der Waals surface area contributed by atoms with Crippen LogP contribution < -0.4 is 5.73 Å². The zero-order chi connectivity index (χ0) is 9.26. The summed E-state index contributed by atoms with van der Waals surface area (Å²) < 4.78 is 1.01. The van der Waals surface area contributed by atoms with Crippen molar-refractivity contribution in [2.45, 2.75) is 6.54 Å². The van der Waals surface area contributed by atoms with E-state index < -0.39 is 0 Å². The molecular formula is C8H8BrN3S. The largest absolute Gasteiger partial charge is 0.359 e. The average molecular weight is 258 g/mol. The summed E-state index contributed by atoms with van der Waals surface area (Å²) in [5.41, 5.74) is 7.47. The predicted octanol–water partition coefficient (Wildman–Crippen LogP) is 2.36. The van der Waals surface area contributed by atoms with Gasteiger partial charge in [-0.1, -0.05) is 0 Å². The van der Waals surface area contributed by atoms with E-state index >= 15 is 0 Å². The monoisotopic (exact) mass is 257 g/mol. The summed E-state index contributed by atoms with van der Waals surface area (Å²) in [7, 11) is 0. The maximum Gasteiger partial charge on any atom is 0.141 e. The minimum Gasteiger partial charge on any atom is -0.359 e. The maximum absolute atomic E-state index is 5.52. The Bertz CT molecular complexity index is 393. The van der Waals surface area contributed by atoms with Gasteiger partial charge in [-0.3, -0.25) is 0 Å². The molecule has 5 heteroatoms. The number of aromatic amines is 1. The van der Waals surface area contributed by atoms with Crippen molar-refractivity contribution < 1.29 is 0 Å². The number of H-pyrrole nitrogens is 1. The quantitative estimate of drug-likeness (QED) is 0.868. The Morgan fingerprint density at radius 1 is 1.62 bits per heavy atom. The highest BCUT2D eigenvalue weighted by Gasteiger charge is 2.08. The minimum atomic E-state index is 0.470. The summed E-state index contributed by atoms with van der Waals surface area (Å²) in [5.74, 6) is 0. The molecule has 0 aliphatic heterocycles. The standard InChI is InChI=1S/C8H8BrN3S/c9-7-6(4-10)12-8(13-7)5-2-1-3-11-5/h1-3,11H,4,10H2. The van der Waals surface area contributed by atoms with Crippen LogP contribution in [0.3, 0.4) is 0 Å². The average Bonchev–Trinajstić information content (AvgIpc) is 2.71. The van der Waals surface area contributed by atoms with E-state index in [4.69, 9.17) is 5.73 Å². The molecule has 0 amide bonds. The van der Waals surface area contributed by atoms with Crippen molar-refractivity contribution in [3.8, 4) is 10.7 Å². The van der Waals surface area contributed by atoms with Crippen LogP contribution in [0.1, 0.15) is 5.69 Å². The molecule has 0 fully saturated rings. The second-order valence-electron chi connectivity index (χ2n) is 2.53. The third-order valence-corrected chi connectivity index (χ3v) is 3.53. The van der Waals surface area contributed by atoms with Crippen LogP contribution in [0.25, 0.3) is 10.7 Å². The summed E-state index contributed by atoms with van der Waals surface area (Å²) in [5, 5.41) is 0.970. The molecule has 0 saturated carbocycles. The number of halogens is 1. The second kappa shape index (κ2) is 3.61. The van der Waals surface area contributed by atoms with E-state index in [2.05, 4.69) is 25.9 Å². The first-order valence-corrected chi connectivity index (χ1v) is 5.41. The number of hydrogen-bond acceptors (Lipinski definition) is 3. The van der Waals surface area contributed by atoms with Gasteiger partial charge in [-0.15, -0.1) is 11.3 Å². The molecule has 0 aromatic carbocycles. The minimum absolute atomic E-state index is 0.470. The van der Waals surface area contributed by atoms with Crippen molar-refractivity contribution >= 4 is 27.3 Å². The SMILES string of the molecule is NCc1nc(-c2ccc[nH]2)sc1Br. The third kappa shape index (κ3) is 1.67. The first-order chi connectivity index (χ1) is 6.31. The zero-order valence-electron chi connectivity index (χ0n) is 6.75. The molecule has 3 N–H and O–H groups in total. The lowest BCUT2D eigenvalue weighted by Crippen LogP contribution is -1.96. The molecule has 0 aliphatic rings. The fourth-order valence-corrected chi connectivity index (χ4v) is 2.56. The first kappa shape index (κ1) is 8.93. The molecule has 3 nitrogen and oxygen atoms in total. The zero-order valence-corrected chi connectivity index (χ0v) is 9.15. The van der Waals surface area contributed by atoms with Crippen molar-refractivity contribution in [3.05, 3.63) is 27.8 Å². The summed E-state index contributed by atoms with van der Waals surface area (Å²) in [6.45, 7) is 0.470. The van der Waals surface area contributed by atoms with E-state index in [1.165, 1.54) is 0 Å². The Morgan fingerprint density at radius 3 is 3.00 bits per heavy atom. The fourth-order valence-electron chi connectivity index (χ4n) is 1.04. The highest BCUT2D eigenvalue weighted by atomic mass is 79.9. The number of rotatable bonds is 2. The molecule has 2 aromatic heterocycles. The Kier molecular flexibility index (Phi) is 2.48. The first-order valence-electron chi connectivity index (χ1n) is 3.80. The molecule has 68 valence electrons. The molecule has 2 heterocycles. The van der Waals surface area contributed by atoms with Crippen molar-refractivity contribution in [3.63, 3.8) is 0 Å². The van der Waals surface area contributed by atoms with Gasteiger partial charge in [0.15, 0.2) is 0 Å². The highest BCUT2D eigenvalue weighted by molar-refractivity contribution is 9.11. The molecule has 0 radical (unpaired) electrons. The van der Waals surface area contributed by atoms with Crippen LogP contribution in [0.15, 0.2) is 22.1 Å². The molecule has 0 saturated heterocycles. The van der Waals surface area contributed by atoms with Crippen LogP contribution >= 0.6 is 27.3 Å². The summed E-state index contributed by atoms with van der Waals surface area (Å²) in [6, 6.07) is 3.94. The predicted molar refractivity (Wildman–Crippen MR) is 57.5 cm³/mol. The van der Waals surface area contributed by atoms with E-state index in [9.17, 15) is 0 Å². The third-order valence-electron chi connectivity index (χ3n) is 1.67. The molecule has 0 unspecified atom stereocenters. The van der Waals surface area contributed by atoms with E-state index in [0.29, 0.717) is 6.54 Å². The maximum atomic E-state index is 5.52. The van der Waals surface area contributed by atoms with Gasteiger partial charge in [-0.25, -0.2) is 4.98 Å². The van der Waals surface area contributed by atoms with Crippen molar-refractivity contribution in [2.75, 3.05) is 0 Å². The lowest BCUT2D eigenvalue weighted by atomic mass is 10.4. The summed E-state index contributed by atoms with van der Waals surface area (Å²) in [6.07, 6.45) is 1.88. The van der Waals surface area contributed by atoms with E-state index in [0.717, 1.165) is 20.2 Å². The Labute approximate surface area is 88.1 Å². The summed E-state index contributed by atoms with van der Waals surface area (Å²) in [4.78, 5) is 7.49. The normalized spacial score (nSPS) is 10.6. The van der Waals surface area contributed by atoms with Crippen LogP contribution in [0, 0.1) is 0 Å². The van der Waals surface area contributed by atoms with Crippen molar-refractivity contribution in [1.82, 2.24) is 9.97 Å². The molecule has 0 spiro atoms. The molecule has 2 aromatic rings. The van der Waals surface area contributed by atoms with Gasteiger partial charge in [0, 0.05) is 12.7 Å². The van der Waals surface area contributed by atoms with Gasteiger partial charge in [0.1, 0.15) is 5.01 Å². The van der Waals surface area contributed by atoms with Gasteiger partial charge in [0.05, 0.1) is 15.2 Å². The van der Waals surface area contributed by atoms with Crippen molar-refractivity contribution in [1.29, 1.82) is 0 Å². The number of aromatic nitrogens is 2. The van der Waals surface area contributed by atoms with Gasteiger partial charge in [0.2, 0.25) is 0 Å². The number of hydrogen-bond donors (Lipinski definition) is 2. The van der Waals surface area contributed by atoms with Gasteiger partial charge in [-0.2, -0.15) is 0 Å². The molecular weight excluding hydrogens is 250 g/mol. The number of nitrogens with one attached hydrogen (secondary N) is 1. The molecule has 0 atom stereocenters. The van der Waals surface area contributed by atoms with E-state index in [-0.39, 0.29) is 0 Å².